The minimum absolute atomic E-state index is 0.120. The monoisotopic (exact) mass is 501 g/mol. The molecular weight excluding hydrogens is 473 g/mol. The van der Waals surface area contributed by atoms with Crippen LogP contribution in [0.15, 0.2) is 36.3 Å². The number of carbonyl (C=O) groups excluding carboxylic acids is 1. The second kappa shape index (κ2) is 9.72. The fraction of sp³-hybridized carbons (Fsp3) is 0.480. The van der Waals surface area contributed by atoms with Gasteiger partial charge in [0.15, 0.2) is 5.82 Å². The van der Waals surface area contributed by atoms with Crippen molar-refractivity contribution in [2.45, 2.75) is 56.9 Å². The molecule has 2 aromatic rings. The van der Waals surface area contributed by atoms with Gasteiger partial charge >= 0.3 is 0 Å². The number of benzene rings is 1. The van der Waals surface area contributed by atoms with E-state index in [0.717, 1.165) is 25.7 Å². The Morgan fingerprint density at radius 1 is 1.26 bits per heavy atom. The van der Waals surface area contributed by atoms with Gasteiger partial charge in [0.1, 0.15) is 17.7 Å². The van der Waals surface area contributed by atoms with Gasteiger partial charge in [0.05, 0.1) is 29.8 Å². The second-order valence-electron chi connectivity index (χ2n) is 9.67. The summed E-state index contributed by atoms with van der Waals surface area (Å²) in [6.45, 7) is 2.91. The summed E-state index contributed by atoms with van der Waals surface area (Å²) in [6, 6.07) is 4.67. The van der Waals surface area contributed by atoms with E-state index in [0.29, 0.717) is 46.3 Å². The van der Waals surface area contributed by atoms with Crippen LogP contribution < -0.4 is 10.5 Å². The normalized spacial score (nSPS) is 25.3. The first-order valence-corrected chi connectivity index (χ1v) is 12.3. The van der Waals surface area contributed by atoms with Crippen molar-refractivity contribution in [2.75, 3.05) is 19.6 Å². The molecule has 4 atom stereocenters. The molecule has 0 spiro atoms. The van der Waals surface area contributed by atoms with E-state index < -0.39 is 5.82 Å². The minimum atomic E-state index is -0.458. The van der Waals surface area contributed by atoms with Crippen LogP contribution in [0.25, 0.3) is 5.57 Å². The van der Waals surface area contributed by atoms with Crippen LogP contribution in [-0.2, 0) is 0 Å². The van der Waals surface area contributed by atoms with E-state index >= 15 is 0 Å². The van der Waals surface area contributed by atoms with Crippen molar-refractivity contribution in [3.05, 3.63) is 58.5 Å². The highest BCUT2D eigenvalue weighted by Gasteiger charge is 2.42. The molecule has 2 fully saturated rings. The molecule has 3 aliphatic rings. The van der Waals surface area contributed by atoms with Crippen molar-refractivity contribution in [3.8, 4) is 5.75 Å². The van der Waals surface area contributed by atoms with Crippen LogP contribution in [0, 0.1) is 5.82 Å². The average molecular weight is 502 g/mol. The Balaban J connectivity index is 1.31. The van der Waals surface area contributed by atoms with E-state index in [1.807, 2.05) is 0 Å². The number of aliphatic hydroxyl groups is 1. The largest absolute Gasteiger partial charge is 0.489 e. The zero-order chi connectivity index (χ0) is 24.7. The fourth-order valence-corrected chi connectivity index (χ4v) is 5.62. The lowest BCUT2D eigenvalue weighted by molar-refractivity contribution is 0.0215. The Labute approximate surface area is 208 Å². The Hall–Kier alpha value is -2.75. The van der Waals surface area contributed by atoms with Crippen LogP contribution in [0.2, 0.25) is 5.02 Å². The maximum Gasteiger partial charge on any atom is 0.258 e. The lowest BCUT2D eigenvalue weighted by Gasteiger charge is -2.39. The van der Waals surface area contributed by atoms with Gasteiger partial charge in [-0.25, -0.2) is 14.4 Å². The predicted octanol–water partition coefficient (Wildman–Crippen LogP) is 2.85. The van der Waals surface area contributed by atoms with E-state index in [1.54, 1.807) is 11.8 Å². The molecule has 1 aromatic heterocycles. The summed E-state index contributed by atoms with van der Waals surface area (Å²) < 4.78 is 20.5. The Morgan fingerprint density at radius 3 is 2.60 bits per heavy atom. The molecule has 8 nitrogen and oxygen atoms in total. The van der Waals surface area contributed by atoms with Gasteiger partial charge in [-0.05, 0) is 44.7 Å². The number of hydrogen-bond acceptors (Lipinski definition) is 7. The Bertz CT molecular complexity index is 1130. The van der Waals surface area contributed by atoms with Gasteiger partial charge in [-0.15, -0.1) is 0 Å². The third kappa shape index (κ3) is 4.98. The quantitative estimate of drug-likeness (QED) is 0.627. The summed E-state index contributed by atoms with van der Waals surface area (Å²) in [5.41, 5.74) is 7.69. The number of aromatic nitrogens is 2. The first-order chi connectivity index (χ1) is 16.8. The predicted molar refractivity (Wildman–Crippen MR) is 129 cm³/mol. The van der Waals surface area contributed by atoms with Gasteiger partial charge in [0.2, 0.25) is 0 Å². The molecule has 1 aromatic carbocycles. The minimum Gasteiger partial charge on any atom is -0.489 e. The van der Waals surface area contributed by atoms with Crippen LogP contribution in [0.5, 0.6) is 5.75 Å². The molecule has 4 heterocycles. The van der Waals surface area contributed by atoms with Gasteiger partial charge in [-0.1, -0.05) is 11.6 Å². The number of hydrogen-bond donors (Lipinski definition) is 2. The summed E-state index contributed by atoms with van der Waals surface area (Å²) in [6.07, 6.45) is 6.15. The average Bonchev–Trinajstić information content (AvgIpc) is 3.29. The van der Waals surface area contributed by atoms with Crippen LogP contribution in [0.3, 0.4) is 0 Å². The molecule has 10 heteroatoms. The van der Waals surface area contributed by atoms with Crippen LogP contribution >= 0.6 is 11.6 Å². The SMILES string of the molecule is CC(O)CN1[C@@H]2CC[C@H]1CC(Oc1cc(F)ccc1C(=O)N1CC(N)=C(c3ncc(Cl)cn3)C1)C2. The highest BCUT2D eigenvalue weighted by molar-refractivity contribution is 6.30. The summed E-state index contributed by atoms with van der Waals surface area (Å²) in [7, 11) is 0. The lowest BCUT2D eigenvalue weighted by Crippen LogP contribution is -2.48. The van der Waals surface area contributed by atoms with Crippen molar-refractivity contribution in [3.63, 3.8) is 0 Å². The summed E-state index contributed by atoms with van der Waals surface area (Å²) in [5.74, 6) is -0.0721. The highest BCUT2D eigenvalue weighted by Crippen LogP contribution is 2.38. The summed E-state index contributed by atoms with van der Waals surface area (Å²) >= 11 is 5.88. The smallest absolute Gasteiger partial charge is 0.258 e. The van der Waals surface area contributed by atoms with Crippen LogP contribution in [0.4, 0.5) is 4.39 Å². The van der Waals surface area contributed by atoms with Gasteiger partial charge in [-0.2, -0.15) is 0 Å². The molecule has 2 unspecified atom stereocenters. The summed E-state index contributed by atoms with van der Waals surface area (Å²) in [4.78, 5) is 25.8. The molecule has 0 aliphatic carbocycles. The molecule has 0 saturated carbocycles. The van der Waals surface area contributed by atoms with Gasteiger partial charge in [0, 0.05) is 48.4 Å². The zero-order valence-corrected chi connectivity index (χ0v) is 20.3. The van der Waals surface area contributed by atoms with Crippen LogP contribution in [-0.4, -0.2) is 74.7 Å². The number of fused-ring (bicyclic) bond motifs is 2. The second-order valence-corrected chi connectivity index (χ2v) is 10.1. The molecular formula is C25H29ClFN5O3. The number of piperidine rings is 1. The van der Waals surface area contributed by atoms with Crippen molar-refractivity contribution in [1.82, 2.24) is 19.8 Å². The number of aliphatic hydroxyl groups excluding tert-OH is 1. The highest BCUT2D eigenvalue weighted by atomic mass is 35.5. The zero-order valence-electron chi connectivity index (χ0n) is 19.5. The molecule has 35 heavy (non-hydrogen) atoms. The number of amides is 1. The maximum atomic E-state index is 14.2. The van der Waals surface area contributed by atoms with Crippen molar-refractivity contribution in [1.29, 1.82) is 0 Å². The standard InChI is InChI=1S/C25H29ClFN5O3/c1-14(33)11-32-17-3-4-18(32)8-19(7-17)35-23-6-16(27)2-5-20(23)25(34)31-12-21(22(28)13-31)24-29-9-15(26)10-30-24/h2,5-6,9-10,14,17-19,33H,3-4,7-8,11-13,28H2,1H3/t14?,17-,18+,19?. The molecule has 5 rings (SSSR count). The van der Waals surface area contributed by atoms with Crippen molar-refractivity contribution in [2.24, 2.45) is 5.73 Å². The topological polar surface area (TPSA) is 105 Å². The third-order valence-corrected chi connectivity index (χ3v) is 7.25. The maximum absolute atomic E-state index is 14.2. The van der Waals surface area contributed by atoms with E-state index in [9.17, 15) is 14.3 Å². The Kier molecular flexibility index (Phi) is 6.65. The van der Waals surface area contributed by atoms with Crippen LogP contribution in [0.1, 0.15) is 48.8 Å². The number of halogens is 2. The first-order valence-electron chi connectivity index (χ1n) is 11.9. The number of nitrogens with two attached hydrogens (primary N) is 1. The van der Waals surface area contributed by atoms with Crippen molar-refractivity contribution >= 4 is 23.1 Å². The molecule has 186 valence electrons. The van der Waals surface area contributed by atoms with E-state index in [1.165, 1.54) is 30.6 Å². The summed E-state index contributed by atoms with van der Waals surface area (Å²) in [5, 5.41) is 10.3. The molecule has 1 amide bonds. The van der Waals surface area contributed by atoms with Gasteiger partial charge in [-0.3, -0.25) is 9.69 Å². The van der Waals surface area contributed by atoms with E-state index in [-0.39, 0.29) is 37.0 Å². The number of ether oxygens (including phenoxy) is 1. The number of nitrogens with zero attached hydrogens (tertiary/aromatic N) is 4. The fourth-order valence-electron chi connectivity index (χ4n) is 5.52. The van der Waals surface area contributed by atoms with Crippen molar-refractivity contribution < 1.29 is 19.0 Å². The molecule has 0 radical (unpaired) electrons. The van der Waals surface area contributed by atoms with Gasteiger partial charge < -0.3 is 20.5 Å². The molecule has 3 N–H and O–H groups in total. The lowest BCUT2D eigenvalue weighted by atomic mass is 9.99. The van der Waals surface area contributed by atoms with E-state index in [4.69, 9.17) is 22.1 Å². The van der Waals surface area contributed by atoms with Gasteiger partial charge in [0.25, 0.3) is 5.91 Å². The first kappa shape index (κ1) is 24.0. The number of carbonyl (C=O) groups is 1. The van der Waals surface area contributed by atoms with E-state index in [2.05, 4.69) is 14.9 Å². The Morgan fingerprint density at radius 2 is 1.94 bits per heavy atom. The number of rotatable bonds is 6. The third-order valence-electron chi connectivity index (χ3n) is 7.06. The molecule has 2 bridgehead atoms. The molecule has 2 saturated heterocycles. The molecule has 3 aliphatic heterocycles.